The second-order valence-electron chi connectivity index (χ2n) is 3.05. The Hall–Kier alpha value is -0.520. The van der Waals surface area contributed by atoms with Gasteiger partial charge >= 0.3 is 0 Å². The van der Waals surface area contributed by atoms with Gasteiger partial charge in [-0.3, -0.25) is 0 Å². The highest BCUT2D eigenvalue weighted by Crippen LogP contribution is 2.09. The number of hydrogen-bond acceptors (Lipinski definition) is 1. The predicted molar refractivity (Wildman–Crippen MR) is 39.0 cm³/mol. The minimum absolute atomic E-state index is 0.318. The summed E-state index contributed by atoms with van der Waals surface area (Å²) in [6, 6.07) is 0. The number of hydrogen-bond donors (Lipinski definition) is 0. The largest absolute Gasteiger partial charge is 0.357 e. The van der Waals surface area contributed by atoms with Crippen molar-refractivity contribution in [1.29, 1.82) is 0 Å². The van der Waals surface area contributed by atoms with E-state index in [2.05, 4.69) is 5.92 Å². The summed E-state index contributed by atoms with van der Waals surface area (Å²) in [5.41, 5.74) is -0.318. The molecule has 0 aliphatic heterocycles. The first-order valence-electron chi connectivity index (χ1n) is 3.21. The van der Waals surface area contributed by atoms with Crippen LogP contribution in [0.15, 0.2) is 0 Å². The maximum Gasteiger partial charge on any atom is 0.145 e. The summed E-state index contributed by atoms with van der Waals surface area (Å²) in [6.07, 6.45) is 4.43. The van der Waals surface area contributed by atoms with E-state index in [0.29, 0.717) is 0 Å². The summed E-state index contributed by atoms with van der Waals surface area (Å²) < 4.78 is 5.19. The molecule has 0 saturated carbocycles. The summed E-state index contributed by atoms with van der Waals surface area (Å²) in [7, 11) is 0. The molecule has 0 aliphatic carbocycles. The Morgan fingerprint density at radius 2 is 2.10 bits per heavy atom. The quantitative estimate of drug-likeness (QED) is 0.532. The molecule has 0 spiro atoms. The molecular formula is C8H13O2. The normalized spacial score (nSPS) is 14.3. The molecule has 10 heavy (non-hydrogen) atoms. The van der Waals surface area contributed by atoms with Crippen molar-refractivity contribution in [2.45, 2.75) is 32.5 Å². The third-order valence-electron chi connectivity index (χ3n) is 0.833. The van der Waals surface area contributed by atoms with E-state index in [-0.39, 0.29) is 12.2 Å². The molecule has 2 heteroatoms. The molecule has 0 rings (SSSR count). The van der Waals surface area contributed by atoms with Gasteiger partial charge in [-0.1, -0.05) is 5.92 Å². The zero-order valence-electron chi connectivity index (χ0n) is 6.68. The highest BCUT2D eigenvalue weighted by Gasteiger charge is 2.15. The molecule has 0 amide bonds. The summed E-state index contributed by atoms with van der Waals surface area (Å²) >= 11 is 0. The van der Waals surface area contributed by atoms with E-state index < -0.39 is 6.10 Å². The third kappa shape index (κ3) is 4.37. The zero-order valence-corrected chi connectivity index (χ0v) is 6.68. The summed E-state index contributed by atoms with van der Waals surface area (Å²) in [6.45, 7) is 5.24. The van der Waals surface area contributed by atoms with Crippen LogP contribution in [-0.2, 0) is 9.84 Å². The molecule has 0 N–H and O–H groups in total. The van der Waals surface area contributed by atoms with Crippen molar-refractivity contribution in [2.24, 2.45) is 0 Å². The van der Waals surface area contributed by atoms with E-state index in [1.165, 1.54) is 0 Å². The van der Waals surface area contributed by atoms with E-state index in [0.717, 1.165) is 0 Å². The first-order valence-corrected chi connectivity index (χ1v) is 3.21. The molecule has 57 valence electrons. The van der Waals surface area contributed by atoms with Crippen molar-refractivity contribution in [3.05, 3.63) is 0 Å². The maximum absolute atomic E-state index is 10.3. The summed E-state index contributed by atoms with van der Waals surface area (Å²) in [4.78, 5) is 0. The molecule has 0 fully saturated rings. The monoisotopic (exact) mass is 141 g/mol. The SMILES string of the molecule is C#C[C@@H](C[O])OC(C)(C)C. The van der Waals surface area contributed by atoms with Crippen molar-refractivity contribution in [3.8, 4) is 12.3 Å². The average Bonchev–Trinajstić information content (AvgIpc) is 1.81. The molecular weight excluding hydrogens is 128 g/mol. The predicted octanol–water partition coefficient (Wildman–Crippen LogP) is 1.23. The molecule has 1 radical (unpaired) electrons. The van der Waals surface area contributed by atoms with E-state index in [1.807, 2.05) is 20.8 Å². The van der Waals surface area contributed by atoms with Gasteiger partial charge in [0.2, 0.25) is 0 Å². The van der Waals surface area contributed by atoms with Crippen molar-refractivity contribution in [3.63, 3.8) is 0 Å². The Bertz CT molecular complexity index is 127. The molecule has 2 nitrogen and oxygen atoms in total. The van der Waals surface area contributed by atoms with Crippen LogP contribution in [0.25, 0.3) is 0 Å². The fourth-order valence-electron chi connectivity index (χ4n) is 0.543. The Labute approximate surface area is 62.2 Å². The van der Waals surface area contributed by atoms with Gasteiger partial charge in [0.1, 0.15) is 12.7 Å². The van der Waals surface area contributed by atoms with Crippen LogP contribution in [0.5, 0.6) is 0 Å². The first-order chi connectivity index (χ1) is 4.49. The Morgan fingerprint density at radius 3 is 2.20 bits per heavy atom. The van der Waals surface area contributed by atoms with Gasteiger partial charge in [0, 0.05) is 0 Å². The van der Waals surface area contributed by atoms with Gasteiger partial charge in [0.05, 0.1) is 5.60 Å². The molecule has 0 aliphatic rings. The molecule has 1 atom stereocenters. The lowest BCUT2D eigenvalue weighted by Crippen LogP contribution is -2.28. The first kappa shape index (κ1) is 9.48. The van der Waals surface area contributed by atoms with Gasteiger partial charge < -0.3 is 4.74 Å². The van der Waals surface area contributed by atoms with Gasteiger partial charge in [-0.15, -0.1) is 6.42 Å². The van der Waals surface area contributed by atoms with Crippen LogP contribution in [0, 0.1) is 12.3 Å². The van der Waals surface area contributed by atoms with Crippen molar-refractivity contribution < 1.29 is 9.84 Å². The Kier molecular flexibility index (Phi) is 3.41. The van der Waals surface area contributed by atoms with Crippen molar-refractivity contribution in [2.75, 3.05) is 6.61 Å². The topological polar surface area (TPSA) is 29.1 Å². The molecule has 0 aromatic heterocycles. The molecule has 0 aromatic carbocycles. The second-order valence-corrected chi connectivity index (χ2v) is 3.05. The van der Waals surface area contributed by atoms with Crippen LogP contribution in [0.1, 0.15) is 20.8 Å². The fraction of sp³-hybridized carbons (Fsp3) is 0.750. The fourth-order valence-corrected chi connectivity index (χ4v) is 0.543. The van der Waals surface area contributed by atoms with E-state index in [1.54, 1.807) is 0 Å². The van der Waals surface area contributed by atoms with Gasteiger partial charge in [-0.05, 0) is 20.8 Å². The maximum atomic E-state index is 10.3. The van der Waals surface area contributed by atoms with Gasteiger partial charge in [0.15, 0.2) is 0 Å². The van der Waals surface area contributed by atoms with E-state index in [4.69, 9.17) is 11.2 Å². The lowest BCUT2D eigenvalue weighted by molar-refractivity contribution is -0.0642. The molecule has 0 bridgehead atoms. The number of rotatable bonds is 2. The van der Waals surface area contributed by atoms with E-state index >= 15 is 0 Å². The lowest BCUT2D eigenvalue weighted by Gasteiger charge is -2.22. The second kappa shape index (κ2) is 3.60. The van der Waals surface area contributed by atoms with Crippen LogP contribution in [0.3, 0.4) is 0 Å². The lowest BCUT2D eigenvalue weighted by atomic mass is 10.2. The Morgan fingerprint density at radius 1 is 1.60 bits per heavy atom. The van der Waals surface area contributed by atoms with Crippen LogP contribution >= 0.6 is 0 Å². The summed E-state index contributed by atoms with van der Waals surface area (Å²) in [5, 5.41) is 10.3. The van der Waals surface area contributed by atoms with Crippen molar-refractivity contribution in [1.82, 2.24) is 0 Å². The minimum Gasteiger partial charge on any atom is -0.357 e. The van der Waals surface area contributed by atoms with Gasteiger partial charge in [-0.2, -0.15) is 0 Å². The van der Waals surface area contributed by atoms with Crippen LogP contribution < -0.4 is 0 Å². The molecule has 0 heterocycles. The highest BCUT2D eigenvalue weighted by atomic mass is 16.5. The van der Waals surface area contributed by atoms with Crippen molar-refractivity contribution >= 4 is 0 Å². The smallest absolute Gasteiger partial charge is 0.145 e. The molecule has 0 unspecified atom stereocenters. The number of ether oxygens (including phenoxy) is 1. The van der Waals surface area contributed by atoms with Crippen LogP contribution in [-0.4, -0.2) is 18.3 Å². The third-order valence-corrected chi connectivity index (χ3v) is 0.833. The molecule has 0 saturated heterocycles. The number of terminal acetylenes is 1. The summed E-state index contributed by atoms with van der Waals surface area (Å²) in [5.74, 6) is 2.27. The average molecular weight is 141 g/mol. The zero-order chi connectivity index (χ0) is 8.20. The minimum atomic E-state index is -0.583. The van der Waals surface area contributed by atoms with Crippen LogP contribution in [0.2, 0.25) is 0 Å². The van der Waals surface area contributed by atoms with Gasteiger partial charge in [0.25, 0.3) is 0 Å². The standard InChI is InChI=1S/C8H13O2/c1-5-7(6-9)10-8(2,3)4/h1,7H,6H2,2-4H3/t7-/m0/s1. The van der Waals surface area contributed by atoms with Gasteiger partial charge in [-0.25, -0.2) is 5.11 Å². The highest BCUT2D eigenvalue weighted by molar-refractivity contribution is 4.95. The van der Waals surface area contributed by atoms with E-state index in [9.17, 15) is 5.11 Å². The molecule has 0 aromatic rings. The van der Waals surface area contributed by atoms with Crippen LogP contribution in [0.4, 0.5) is 0 Å². The Balaban J connectivity index is 3.78.